The Morgan fingerprint density at radius 3 is 2.48 bits per heavy atom. The topological polar surface area (TPSA) is 88.0 Å². The number of carbonyl (C=O) groups is 1. The average Bonchev–Trinajstić information content (AvgIpc) is 3.03. The normalized spacial score (nSPS) is 23.6. The molecule has 1 fully saturated rings. The molecule has 3 rings (SSSR count). The van der Waals surface area contributed by atoms with E-state index in [1.54, 1.807) is 20.3 Å². The third kappa shape index (κ3) is 3.07. The minimum Gasteiger partial charge on any atom is -0.352 e. The van der Waals surface area contributed by atoms with E-state index in [4.69, 9.17) is 4.74 Å². The summed E-state index contributed by atoms with van der Waals surface area (Å²) in [5.74, 6) is 0.680. The lowest BCUT2D eigenvalue weighted by Gasteiger charge is -2.45. The van der Waals surface area contributed by atoms with Crippen molar-refractivity contribution >= 4 is 16.1 Å². The first-order valence-electron chi connectivity index (χ1n) is 8.25. The maximum Gasteiger partial charge on any atom is 0.281 e. The zero-order valence-electron chi connectivity index (χ0n) is 15.0. The lowest BCUT2D eigenvalue weighted by Crippen LogP contribution is -2.55. The summed E-state index contributed by atoms with van der Waals surface area (Å²) in [4.78, 5) is 18.4. The smallest absolute Gasteiger partial charge is 0.281 e. The zero-order valence-corrected chi connectivity index (χ0v) is 15.9. The third-order valence-corrected chi connectivity index (χ3v) is 6.83. The van der Waals surface area contributed by atoms with Gasteiger partial charge in [0.25, 0.3) is 16.1 Å². The summed E-state index contributed by atoms with van der Waals surface area (Å²) in [5, 5.41) is 0. The number of ether oxygens (including phenoxy) is 1. The summed E-state index contributed by atoms with van der Waals surface area (Å²) in [5.41, 5.74) is -0.726. The maximum atomic E-state index is 12.4. The largest absolute Gasteiger partial charge is 0.352 e. The molecule has 2 aliphatic rings. The first-order chi connectivity index (χ1) is 11.7. The summed E-state index contributed by atoms with van der Waals surface area (Å²) in [6.07, 6.45) is 3.89. The van der Waals surface area contributed by atoms with Crippen LogP contribution in [-0.2, 0) is 31.9 Å². The maximum absolute atomic E-state index is 12.4. The minimum atomic E-state index is -3.45. The first kappa shape index (κ1) is 18.3. The molecular formula is C15H25N5O4S. The standard InChI is InChI=1S/C15H25N5O4S/c1-17(2)13(21)12-11-19-10-7-16-14(19)15(24-12)5-8-20(9-6-15)25(22,23)18(3)4/h7,10,12H,5-6,8-9,11H2,1-4H3. The molecule has 0 bridgehead atoms. The number of aromatic nitrogens is 2. The summed E-state index contributed by atoms with van der Waals surface area (Å²) in [6, 6.07) is 0. The highest BCUT2D eigenvalue weighted by Crippen LogP contribution is 2.40. The van der Waals surface area contributed by atoms with Crippen LogP contribution in [-0.4, -0.2) is 84.8 Å². The van der Waals surface area contributed by atoms with Gasteiger partial charge in [-0.1, -0.05) is 0 Å². The fourth-order valence-corrected chi connectivity index (χ4v) is 4.57. The van der Waals surface area contributed by atoms with E-state index in [1.165, 1.54) is 27.6 Å². The second-order valence-electron chi connectivity index (χ2n) is 6.93. The van der Waals surface area contributed by atoms with Crippen LogP contribution in [0, 0.1) is 0 Å². The molecule has 140 valence electrons. The molecule has 1 aromatic rings. The number of likely N-dealkylation sites (N-methyl/N-ethyl adjacent to an activating group) is 1. The summed E-state index contributed by atoms with van der Waals surface area (Å²) >= 11 is 0. The number of hydrogen-bond donors (Lipinski definition) is 0. The van der Waals surface area contributed by atoms with Gasteiger partial charge in [0.15, 0.2) is 6.10 Å². The van der Waals surface area contributed by atoms with Crippen LogP contribution >= 0.6 is 0 Å². The van der Waals surface area contributed by atoms with E-state index in [9.17, 15) is 13.2 Å². The van der Waals surface area contributed by atoms with Crippen molar-refractivity contribution in [2.75, 3.05) is 41.3 Å². The molecular weight excluding hydrogens is 346 g/mol. The predicted octanol–water partition coefficient (Wildman–Crippen LogP) is -0.532. The second-order valence-corrected chi connectivity index (χ2v) is 9.07. The molecule has 1 spiro atoms. The Morgan fingerprint density at radius 1 is 1.28 bits per heavy atom. The van der Waals surface area contributed by atoms with Crippen LogP contribution in [0.1, 0.15) is 18.7 Å². The summed E-state index contributed by atoms with van der Waals surface area (Å²) in [7, 11) is 3.00. The van der Waals surface area contributed by atoms with Crippen LogP contribution in [0.25, 0.3) is 0 Å². The van der Waals surface area contributed by atoms with E-state index < -0.39 is 21.9 Å². The molecule has 0 saturated carbocycles. The van der Waals surface area contributed by atoms with Gasteiger partial charge in [0, 0.05) is 53.7 Å². The monoisotopic (exact) mass is 371 g/mol. The fourth-order valence-electron chi connectivity index (χ4n) is 3.46. The van der Waals surface area contributed by atoms with Crippen molar-refractivity contribution < 1.29 is 17.9 Å². The van der Waals surface area contributed by atoms with Gasteiger partial charge in [-0.05, 0) is 12.8 Å². The van der Waals surface area contributed by atoms with Gasteiger partial charge in [-0.3, -0.25) is 4.79 Å². The molecule has 2 aliphatic heterocycles. The Bertz CT molecular complexity index is 750. The zero-order chi connectivity index (χ0) is 18.4. The average molecular weight is 371 g/mol. The van der Waals surface area contributed by atoms with Crippen LogP contribution in [0.4, 0.5) is 0 Å². The number of piperidine rings is 1. The number of nitrogens with zero attached hydrogens (tertiary/aromatic N) is 5. The third-order valence-electron chi connectivity index (χ3n) is 4.89. The Morgan fingerprint density at radius 2 is 1.92 bits per heavy atom. The lowest BCUT2D eigenvalue weighted by molar-refractivity contribution is -0.177. The van der Waals surface area contributed by atoms with Crippen molar-refractivity contribution in [1.29, 1.82) is 0 Å². The van der Waals surface area contributed by atoms with Crippen molar-refractivity contribution in [1.82, 2.24) is 23.1 Å². The molecule has 10 heteroatoms. The highest BCUT2D eigenvalue weighted by atomic mass is 32.2. The number of amides is 1. The molecule has 0 radical (unpaired) electrons. The summed E-state index contributed by atoms with van der Waals surface area (Å²) < 4.78 is 35.5. The van der Waals surface area contributed by atoms with Gasteiger partial charge < -0.3 is 14.2 Å². The molecule has 3 heterocycles. The van der Waals surface area contributed by atoms with E-state index in [0.29, 0.717) is 32.5 Å². The molecule has 0 aromatic carbocycles. The highest BCUT2D eigenvalue weighted by molar-refractivity contribution is 7.86. The van der Waals surface area contributed by atoms with Crippen molar-refractivity contribution in [2.45, 2.75) is 31.1 Å². The van der Waals surface area contributed by atoms with Crippen LogP contribution in [0.5, 0.6) is 0 Å². The molecule has 1 unspecified atom stereocenters. The highest BCUT2D eigenvalue weighted by Gasteiger charge is 2.48. The Hall–Kier alpha value is -1.49. The van der Waals surface area contributed by atoms with Crippen molar-refractivity contribution in [3.63, 3.8) is 0 Å². The molecule has 1 atom stereocenters. The Labute approximate surface area is 148 Å². The van der Waals surface area contributed by atoms with E-state index in [1.807, 2.05) is 10.8 Å². The minimum absolute atomic E-state index is 0.0953. The van der Waals surface area contributed by atoms with Crippen molar-refractivity contribution in [3.05, 3.63) is 18.2 Å². The van der Waals surface area contributed by atoms with Gasteiger partial charge in [-0.25, -0.2) is 4.98 Å². The Balaban J connectivity index is 1.86. The number of hydrogen-bond acceptors (Lipinski definition) is 5. The van der Waals surface area contributed by atoms with Crippen molar-refractivity contribution in [2.24, 2.45) is 0 Å². The Kier molecular flexibility index (Phi) is 4.65. The predicted molar refractivity (Wildman–Crippen MR) is 90.9 cm³/mol. The quantitative estimate of drug-likeness (QED) is 0.713. The van der Waals surface area contributed by atoms with Crippen LogP contribution in [0.3, 0.4) is 0 Å². The van der Waals surface area contributed by atoms with E-state index in [-0.39, 0.29) is 5.91 Å². The van der Waals surface area contributed by atoms with E-state index >= 15 is 0 Å². The SMILES string of the molecule is CN(C)C(=O)C1Cn2ccnc2C2(CCN(S(=O)(=O)N(C)C)CC2)O1. The number of carbonyl (C=O) groups excluding carboxylic acids is 1. The lowest BCUT2D eigenvalue weighted by atomic mass is 9.89. The van der Waals surface area contributed by atoms with E-state index in [2.05, 4.69) is 4.98 Å². The van der Waals surface area contributed by atoms with E-state index in [0.717, 1.165) is 5.82 Å². The van der Waals surface area contributed by atoms with Gasteiger partial charge in [-0.2, -0.15) is 17.0 Å². The number of imidazole rings is 1. The molecule has 1 saturated heterocycles. The molecule has 0 aliphatic carbocycles. The second kappa shape index (κ2) is 6.35. The number of fused-ring (bicyclic) bond motifs is 2. The van der Waals surface area contributed by atoms with Gasteiger partial charge >= 0.3 is 0 Å². The van der Waals surface area contributed by atoms with Gasteiger partial charge in [-0.15, -0.1) is 0 Å². The van der Waals surface area contributed by atoms with Crippen LogP contribution in [0.2, 0.25) is 0 Å². The van der Waals surface area contributed by atoms with Gasteiger partial charge in [0.05, 0.1) is 6.54 Å². The summed E-state index contributed by atoms with van der Waals surface area (Å²) in [6.45, 7) is 1.08. The molecule has 1 aromatic heterocycles. The van der Waals surface area contributed by atoms with Crippen molar-refractivity contribution in [3.8, 4) is 0 Å². The molecule has 0 N–H and O–H groups in total. The van der Waals surface area contributed by atoms with Gasteiger partial charge in [0.1, 0.15) is 11.4 Å². The van der Waals surface area contributed by atoms with Gasteiger partial charge in [0.2, 0.25) is 0 Å². The molecule has 25 heavy (non-hydrogen) atoms. The molecule has 1 amide bonds. The molecule has 9 nitrogen and oxygen atoms in total. The van der Waals surface area contributed by atoms with Crippen LogP contribution in [0.15, 0.2) is 12.4 Å². The fraction of sp³-hybridized carbons (Fsp3) is 0.733. The van der Waals surface area contributed by atoms with Crippen LogP contribution < -0.4 is 0 Å². The number of rotatable bonds is 3. The first-order valence-corrected chi connectivity index (χ1v) is 9.65.